The third-order valence-electron chi connectivity index (χ3n) is 1.45. The van der Waals surface area contributed by atoms with Crippen LogP contribution in [0.15, 0.2) is 0 Å². The summed E-state index contributed by atoms with van der Waals surface area (Å²) < 4.78 is 4.94. The molecule has 3 nitrogen and oxygen atoms in total. The third kappa shape index (κ3) is 0.992. The van der Waals surface area contributed by atoms with Gasteiger partial charge in [-0.15, -0.1) is 0 Å². The van der Waals surface area contributed by atoms with Crippen molar-refractivity contribution in [2.45, 2.75) is 13.0 Å². The van der Waals surface area contributed by atoms with Gasteiger partial charge in [0.15, 0.2) is 0 Å². The Morgan fingerprint density at radius 2 is 2.38 bits per heavy atom. The molecule has 0 spiro atoms. The van der Waals surface area contributed by atoms with Gasteiger partial charge in [0.1, 0.15) is 0 Å². The monoisotopic (exact) mass is 116 g/mol. The summed E-state index contributed by atoms with van der Waals surface area (Å²) >= 11 is 0. The summed E-state index contributed by atoms with van der Waals surface area (Å²) in [6.07, 6.45) is 0. The second-order valence-corrected chi connectivity index (χ2v) is 2.02. The van der Waals surface area contributed by atoms with Crippen molar-refractivity contribution < 1.29 is 4.74 Å². The van der Waals surface area contributed by atoms with E-state index < -0.39 is 0 Å². The molecule has 0 unspecified atom stereocenters. The zero-order valence-electron chi connectivity index (χ0n) is 5.13. The molecule has 1 aliphatic heterocycles. The first-order chi connectivity index (χ1) is 3.84. The minimum Gasteiger partial charge on any atom is -0.378 e. The molecule has 0 aliphatic carbocycles. The quantitative estimate of drug-likeness (QED) is 0.393. The fourth-order valence-corrected chi connectivity index (χ4v) is 0.673. The van der Waals surface area contributed by atoms with E-state index in [1.54, 1.807) is 0 Å². The predicted octanol–water partition coefficient (Wildman–Crippen LogP) is -0.419. The van der Waals surface area contributed by atoms with Gasteiger partial charge in [0.2, 0.25) is 0 Å². The summed E-state index contributed by atoms with van der Waals surface area (Å²) in [6, 6.07) is 0.486. The number of hydrogen-bond donors (Lipinski definition) is 1. The lowest BCUT2D eigenvalue weighted by Crippen LogP contribution is -2.52. The highest BCUT2D eigenvalue weighted by molar-refractivity contribution is 4.71. The third-order valence-corrected chi connectivity index (χ3v) is 1.45. The zero-order chi connectivity index (χ0) is 5.98. The number of likely N-dealkylation sites (N-methyl/N-ethyl adjacent to an activating group) is 1. The van der Waals surface area contributed by atoms with Crippen molar-refractivity contribution >= 4 is 0 Å². The van der Waals surface area contributed by atoms with E-state index in [2.05, 4.69) is 0 Å². The molecular formula is C5H12N2O. The van der Waals surface area contributed by atoms with Crippen molar-refractivity contribution in [3.05, 3.63) is 0 Å². The molecule has 0 bridgehead atoms. The molecule has 0 aromatic heterocycles. The first-order valence-electron chi connectivity index (χ1n) is 2.93. The SMILES string of the molecule is CCN(N)C1COC1. The second kappa shape index (κ2) is 2.44. The predicted molar refractivity (Wildman–Crippen MR) is 31.2 cm³/mol. The average molecular weight is 116 g/mol. The van der Waals surface area contributed by atoms with Gasteiger partial charge in [0, 0.05) is 6.54 Å². The van der Waals surface area contributed by atoms with Gasteiger partial charge in [-0.2, -0.15) is 0 Å². The molecule has 0 amide bonds. The summed E-state index contributed by atoms with van der Waals surface area (Å²) in [4.78, 5) is 0. The van der Waals surface area contributed by atoms with Gasteiger partial charge in [0.25, 0.3) is 0 Å². The Morgan fingerprint density at radius 1 is 1.75 bits per heavy atom. The Labute approximate surface area is 49.4 Å². The van der Waals surface area contributed by atoms with Crippen LogP contribution >= 0.6 is 0 Å². The molecule has 1 heterocycles. The normalized spacial score (nSPS) is 21.4. The molecule has 0 aromatic rings. The minimum atomic E-state index is 0.486. The maximum absolute atomic E-state index is 5.53. The highest BCUT2D eigenvalue weighted by atomic mass is 16.5. The van der Waals surface area contributed by atoms with Crippen molar-refractivity contribution in [3.8, 4) is 0 Å². The van der Waals surface area contributed by atoms with E-state index in [1.165, 1.54) is 0 Å². The lowest BCUT2D eigenvalue weighted by molar-refractivity contribution is -0.0638. The summed E-state index contributed by atoms with van der Waals surface area (Å²) in [7, 11) is 0. The molecule has 1 rings (SSSR count). The second-order valence-electron chi connectivity index (χ2n) is 2.02. The van der Waals surface area contributed by atoms with Gasteiger partial charge in [-0.1, -0.05) is 6.92 Å². The standard InChI is InChI=1S/C5H12N2O/c1-2-7(6)5-3-8-4-5/h5H,2-4,6H2,1H3. The van der Waals surface area contributed by atoms with Gasteiger partial charge < -0.3 is 4.74 Å². The lowest BCUT2D eigenvalue weighted by atomic mass is 10.2. The summed E-state index contributed by atoms with van der Waals surface area (Å²) in [5, 5.41) is 1.81. The van der Waals surface area contributed by atoms with Crippen LogP contribution in [0.25, 0.3) is 0 Å². The number of hydrogen-bond acceptors (Lipinski definition) is 3. The van der Waals surface area contributed by atoms with Crippen molar-refractivity contribution in [2.75, 3.05) is 19.8 Å². The first-order valence-corrected chi connectivity index (χ1v) is 2.93. The van der Waals surface area contributed by atoms with Gasteiger partial charge in [0.05, 0.1) is 19.3 Å². The molecule has 8 heavy (non-hydrogen) atoms. The molecule has 3 heteroatoms. The van der Waals surface area contributed by atoms with Crippen molar-refractivity contribution in [1.29, 1.82) is 0 Å². The highest BCUT2D eigenvalue weighted by Gasteiger charge is 2.21. The van der Waals surface area contributed by atoms with Gasteiger partial charge >= 0.3 is 0 Å². The molecule has 1 aliphatic rings. The van der Waals surface area contributed by atoms with Crippen LogP contribution < -0.4 is 5.84 Å². The maximum atomic E-state index is 5.53. The van der Waals surface area contributed by atoms with Crippen LogP contribution in [0.3, 0.4) is 0 Å². The van der Waals surface area contributed by atoms with E-state index in [1.807, 2.05) is 11.9 Å². The van der Waals surface area contributed by atoms with E-state index in [9.17, 15) is 0 Å². The Bertz CT molecular complexity index is 70.1. The molecule has 0 atom stereocenters. The van der Waals surface area contributed by atoms with E-state index in [0.29, 0.717) is 6.04 Å². The number of ether oxygens (including phenoxy) is 1. The molecule has 2 N–H and O–H groups in total. The van der Waals surface area contributed by atoms with Crippen LogP contribution in [0.4, 0.5) is 0 Å². The van der Waals surface area contributed by atoms with Crippen molar-refractivity contribution in [1.82, 2.24) is 5.01 Å². The summed E-state index contributed by atoms with van der Waals surface area (Å²) in [5.74, 6) is 5.53. The van der Waals surface area contributed by atoms with Gasteiger partial charge in [-0.25, -0.2) is 5.01 Å². The van der Waals surface area contributed by atoms with Crippen LogP contribution in [0, 0.1) is 0 Å². The minimum absolute atomic E-state index is 0.486. The first kappa shape index (κ1) is 6.01. The molecule has 1 saturated heterocycles. The molecule has 0 aromatic carbocycles. The van der Waals surface area contributed by atoms with E-state index in [0.717, 1.165) is 19.8 Å². The molecule has 48 valence electrons. The fourth-order valence-electron chi connectivity index (χ4n) is 0.673. The van der Waals surface area contributed by atoms with Crippen LogP contribution in [-0.2, 0) is 4.74 Å². The van der Waals surface area contributed by atoms with E-state index >= 15 is 0 Å². The Morgan fingerprint density at radius 3 is 2.50 bits per heavy atom. The molecule has 0 radical (unpaired) electrons. The van der Waals surface area contributed by atoms with Crippen LogP contribution in [-0.4, -0.2) is 30.8 Å². The summed E-state index contributed by atoms with van der Waals surface area (Å²) in [5.41, 5.74) is 0. The maximum Gasteiger partial charge on any atom is 0.0708 e. The zero-order valence-corrected chi connectivity index (χ0v) is 5.13. The number of nitrogens with zero attached hydrogens (tertiary/aromatic N) is 1. The lowest BCUT2D eigenvalue weighted by Gasteiger charge is -2.32. The van der Waals surface area contributed by atoms with Crippen LogP contribution in [0.5, 0.6) is 0 Å². The fraction of sp³-hybridized carbons (Fsp3) is 1.00. The van der Waals surface area contributed by atoms with Crippen molar-refractivity contribution in [2.24, 2.45) is 5.84 Å². The molecule has 1 fully saturated rings. The Balaban J connectivity index is 2.13. The highest BCUT2D eigenvalue weighted by Crippen LogP contribution is 2.04. The average Bonchev–Trinajstić information content (AvgIpc) is 1.62. The van der Waals surface area contributed by atoms with E-state index in [4.69, 9.17) is 10.6 Å². The summed E-state index contributed by atoms with van der Waals surface area (Å²) in [6.45, 7) is 4.57. The van der Waals surface area contributed by atoms with Gasteiger partial charge in [-0.05, 0) is 0 Å². The number of hydrazine groups is 1. The smallest absolute Gasteiger partial charge is 0.0708 e. The van der Waals surface area contributed by atoms with Crippen LogP contribution in [0.1, 0.15) is 6.92 Å². The molecule has 0 saturated carbocycles. The number of nitrogens with two attached hydrogens (primary N) is 1. The number of rotatable bonds is 2. The Hall–Kier alpha value is -0.120. The van der Waals surface area contributed by atoms with Crippen molar-refractivity contribution in [3.63, 3.8) is 0 Å². The Kier molecular flexibility index (Phi) is 1.83. The molecular weight excluding hydrogens is 104 g/mol. The topological polar surface area (TPSA) is 38.5 Å². The largest absolute Gasteiger partial charge is 0.378 e. The van der Waals surface area contributed by atoms with E-state index in [-0.39, 0.29) is 0 Å². The van der Waals surface area contributed by atoms with Gasteiger partial charge in [-0.3, -0.25) is 5.84 Å². The van der Waals surface area contributed by atoms with Crippen LogP contribution in [0.2, 0.25) is 0 Å².